The monoisotopic (exact) mass is 253 g/mol. The molecule has 0 bridgehead atoms. The lowest BCUT2D eigenvalue weighted by molar-refractivity contribution is 0.188. The van der Waals surface area contributed by atoms with Gasteiger partial charge in [-0.05, 0) is 41.0 Å². The van der Waals surface area contributed by atoms with Gasteiger partial charge in [0.05, 0.1) is 5.69 Å². The standard InChI is InChI=1S/C14H27N3O/c1-11-13(10-15-14(3,4)5)12(2)17(16-11)8-7-9-18-6/h15H,7-10H2,1-6H3. The number of hydrogen-bond acceptors (Lipinski definition) is 3. The summed E-state index contributed by atoms with van der Waals surface area (Å²) in [4.78, 5) is 0. The van der Waals surface area contributed by atoms with Crippen LogP contribution in [0, 0.1) is 13.8 Å². The first-order valence-electron chi connectivity index (χ1n) is 6.62. The second kappa shape index (κ2) is 6.34. The van der Waals surface area contributed by atoms with E-state index in [-0.39, 0.29) is 5.54 Å². The number of nitrogens with zero attached hydrogens (tertiary/aromatic N) is 2. The Kier molecular flexibility index (Phi) is 5.35. The van der Waals surface area contributed by atoms with Gasteiger partial charge in [0.1, 0.15) is 0 Å². The normalized spacial score (nSPS) is 12.1. The largest absolute Gasteiger partial charge is 0.385 e. The van der Waals surface area contributed by atoms with Crippen molar-refractivity contribution in [3.63, 3.8) is 0 Å². The van der Waals surface area contributed by atoms with Crippen molar-refractivity contribution in [2.24, 2.45) is 0 Å². The van der Waals surface area contributed by atoms with Gasteiger partial charge in [-0.3, -0.25) is 4.68 Å². The fraction of sp³-hybridized carbons (Fsp3) is 0.786. The quantitative estimate of drug-likeness (QED) is 0.791. The van der Waals surface area contributed by atoms with E-state index < -0.39 is 0 Å². The van der Waals surface area contributed by atoms with Gasteiger partial charge in [0.25, 0.3) is 0 Å². The highest BCUT2D eigenvalue weighted by Gasteiger charge is 2.14. The molecule has 1 aromatic heterocycles. The average Bonchev–Trinajstić information content (AvgIpc) is 2.51. The summed E-state index contributed by atoms with van der Waals surface area (Å²) >= 11 is 0. The van der Waals surface area contributed by atoms with Crippen LogP contribution in [0.2, 0.25) is 0 Å². The first-order valence-corrected chi connectivity index (χ1v) is 6.62. The number of hydrogen-bond donors (Lipinski definition) is 1. The Morgan fingerprint density at radius 3 is 2.50 bits per heavy atom. The zero-order chi connectivity index (χ0) is 13.8. The molecule has 0 saturated carbocycles. The molecule has 1 rings (SSSR count). The van der Waals surface area contributed by atoms with Crippen LogP contribution in [-0.2, 0) is 17.8 Å². The van der Waals surface area contributed by atoms with E-state index in [0.717, 1.165) is 31.8 Å². The van der Waals surface area contributed by atoms with E-state index in [1.807, 2.05) is 0 Å². The SMILES string of the molecule is COCCCn1nc(C)c(CNC(C)(C)C)c1C. The van der Waals surface area contributed by atoms with E-state index >= 15 is 0 Å². The third-order valence-electron chi connectivity index (χ3n) is 3.05. The van der Waals surface area contributed by atoms with Crippen molar-refractivity contribution in [1.82, 2.24) is 15.1 Å². The van der Waals surface area contributed by atoms with Crippen LogP contribution in [0.5, 0.6) is 0 Å². The number of rotatable bonds is 6. The van der Waals surface area contributed by atoms with Gasteiger partial charge in [0, 0.05) is 43.6 Å². The van der Waals surface area contributed by atoms with Crippen LogP contribution in [-0.4, -0.2) is 29.0 Å². The van der Waals surface area contributed by atoms with Crippen molar-refractivity contribution in [1.29, 1.82) is 0 Å². The molecule has 18 heavy (non-hydrogen) atoms. The number of nitrogens with one attached hydrogen (secondary N) is 1. The molecule has 0 amide bonds. The molecule has 0 aliphatic heterocycles. The molecule has 0 unspecified atom stereocenters. The third kappa shape index (κ3) is 4.42. The molecule has 1 aromatic rings. The Morgan fingerprint density at radius 2 is 1.94 bits per heavy atom. The van der Waals surface area contributed by atoms with Gasteiger partial charge in [-0.25, -0.2) is 0 Å². The van der Waals surface area contributed by atoms with Gasteiger partial charge in [-0.1, -0.05) is 0 Å². The second-order valence-electron chi connectivity index (χ2n) is 5.82. The minimum atomic E-state index is 0.136. The van der Waals surface area contributed by atoms with Crippen LogP contribution in [0.25, 0.3) is 0 Å². The van der Waals surface area contributed by atoms with Gasteiger partial charge >= 0.3 is 0 Å². The summed E-state index contributed by atoms with van der Waals surface area (Å²) in [5.41, 5.74) is 3.85. The second-order valence-corrected chi connectivity index (χ2v) is 5.82. The first-order chi connectivity index (χ1) is 8.35. The Labute approximate surface area is 111 Å². The lowest BCUT2D eigenvalue weighted by atomic mass is 10.1. The highest BCUT2D eigenvalue weighted by molar-refractivity contribution is 5.24. The van der Waals surface area contributed by atoms with Crippen molar-refractivity contribution in [2.75, 3.05) is 13.7 Å². The minimum Gasteiger partial charge on any atom is -0.385 e. The van der Waals surface area contributed by atoms with E-state index in [1.165, 1.54) is 11.3 Å². The Hall–Kier alpha value is -0.870. The molecule has 104 valence electrons. The highest BCUT2D eigenvalue weighted by Crippen LogP contribution is 2.14. The van der Waals surface area contributed by atoms with Crippen molar-refractivity contribution < 1.29 is 4.74 Å². The maximum absolute atomic E-state index is 5.08. The highest BCUT2D eigenvalue weighted by atomic mass is 16.5. The van der Waals surface area contributed by atoms with E-state index in [4.69, 9.17) is 4.74 Å². The lowest BCUT2D eigenvalue weighted by Crippen LogP contribution is -2.35. The molecule has 1 N–H and O–H groups in total. The van der Waals surface area contributed by atoms with E-state index in [0.29, 0.717) is 0 Å². The first kappa shape index (κ1) is 15.2. The summed E-state index contributed by atoms with van der Waals surface area (Å²) in [6.45, 7) is 13.4. The minimum absolute atomic E-state index is 0.136. The summed E-state index contributed by atoms with van der Waals surface area (Å²) < 4.78 is 7.17. The number of aromatic nitrogens is 2. The number of aryl methyl sites for hydroxylation is 2. The van der Waals surface area contributed by atoms with E-state index in [1.54, 1.807) is 7.11 Å². The molecular formula is C14H27N3O. The Bertz CT molecular complexity index is 377. The molecule has 0 aliphatic rings. The molecule has 0 aromatic carbocycles. The van der Waals surface area contributed by atoms with Crippen LogP contribution in [0.1, 0.15) is 44.1 Å². The smallest absolute Gasteiger partial charge is 0.0641 e. The summed E-state index contributed by atoms with van der Waals surface area (Å²) in [5, 5.41) is 8.13. The van der Waals surface area contributed by atoms with E-state index in [9.17, 15) is 0 Å². The molecule has 4 nitrogen and oxygen atoms in total. The molecule has 0 radical (unpaired) electrons. The number of methoxy groups -OCH3 is 1. The fourth-order valence-corrected chi connectivity index (χ4v) is 1.92. The van der Waals surface area contributed by atoms with Gasteiger partial charge in [-0.15, -0.1) is 0 Å². The zero-order valence-corrected chi connectivity index (χ0v) is 12.6. The maximum Gasteiger partial charge on any atom is 0.0641 e. The number of ether oxygens (including phenoxy) is 1. The Morgan fingerprint density at radius 1 is 1.28 bits per heavy atom. The van der Waals surface area contributed by atoms with Gasteiger partial charge in [0.2, 0.25) is 0 Å². The predicted octanol–water partition coefficient (Wildman–Crippen LogP) is 2.42. The summed E-state index contributed by atoms with van der Waals surface area (Å²) in [6, 6.07) is 0. The third-order valence-corrected chi connectivity index (χ3v) is 3.05. The molecular weight excluding hydrogens is 226 g/mol. The predicted molar refractivity (Wildman–Crippen MR) is 74.8 cm³/mol. The van der Waals surface area contributed by atoms with Crippen LogP contribution in [0.3, 0.4) is 0 Å². The van der Waals surface area contributed by atoms with Crippen molar-refractivity contribution in [2.45, 2.75) is 59.7 Å². The summed E-state index contributed by atoms with van der Waals surface area (Å²) in [7, 11) is 1.74. The summed E-state index contributed by atoms with van der Waals surface area (Å²) in [6.07, 6.45) is 1.00. The zero-order valence-electron chi connectivity index (χ0n) is 12.6. The lowest BCUT2D eigenvalue weighted by Gasteiger charge is -2.20. The molecule has 0 fully saturated rings. The molecule has 0 atom stereocenters. The van der Waals surface area contributed by atoms with Crippen LogP contribution >= 0.6 is 0 Å². The van der Waals surface area contributed by atoms with Crippen LogP contribution < -0.4 is 5.32 Å². The van der Waals surface area contributed by atoms with Gasteiger partial charge in [0.15, 0.2) is 0 Å². The molecule has 4 heteroatoms. The average molecular weight is 253 g/mol. The van der Waals surface area contributed by atoms with Crippen molar-refractivity contribution in [3.8, 4) is 0 Å². The molecule has 0 saturated heterocycles. The van der Waals surface area contributed by atoms with Gasteiger partial charge in [-0.2, -0.15) is 5.10 Å². The van der Waals surface area contributed by atoms with Crippen molar-refractivity contribution in [3.05, 3.63) is 17.0 Å². The Balaban J connectivity index is 2.68. The maximum atomic E-state index is 5.08. The van der Waals surface area contributed by atoms with Crippen LogP contribution in [0.15, 0.2) is 0 Å². The van der Waals surface area contributed by atoms with Crippen LogP contribution in [0.4, 0.5) is 0 Å². The molecule has 0 aliphatic carbocycles. The van der Waals surface area contributed by atoms with Gasteiger partial charge < -0.3 is 10.1 Å². The van der Waals surface area contributed by atoms with E-state index in [2.05, 4.69) is 49.7 Å². The topological polar surface area (TPSA) is 39.1 Å². The summed E-state index contributed by atoms with van der Waals surface area (Å²) in [5.74, 6) is 0. The fourth-order valence-electron chi connectivity index (χ4n) is 1.92. The van der Waals surface area contributed by atoms with Crippen molar-refractivity contribution >= 4 is 0 Å². The molecule has 0 spiro atoms. The molecule has 1 heterocycles.